The van der Waals surface area contributed by atoms with Crippen LogP contribution in [0.3, 0.4) is 0 Å². The molecule has 4 heterocycles. The van der Waals surface area contributed by atoms with Crippen molar-refractivity contribution >= 4 is 17.7 Å². The fourth-order valence-electron chi connectivity index (χ4n) is 3.76. The van der Waals surface area contributed by atoms with E-state index in [1.54, 1.807) is 30.8 Å². The number of fused-ring (bicyclic) bond motifs is 4. The minimum atomic E-state index is -0.225. The highest BCUT2D eigenvalue weighted by molar-refractivity contribution is 5.88. The zero-order chi connectivity index (χ0) is 19.0. The highest BCUT2D eigenvalue weighted by Gasteiger charge is 2.42. The third-order valence-corrected chi connectivity index (χ3v) is 5.46. The van der Waals surface area contributed by atoms with Crippen LogP contribution in [-0.2, 0) is 20.8 Å². The summed E-state index contributed by atoms with van der Waals surface area (Å²) in [6, 6.07) is -0.0984. The Morgan fingerprint density at radius 3 is 2.58 bits per heavy atom. The zero-order valence-electron chi connectivity index (χ0n) is 15.8. The number of nitrogens with zero attached hydrogens (tertiary/aromatic N) is 4. The van der Waals surface area contributed by atoms with Gasteiger partial charge >= 0.3 is 0 Å². The largest absolute Gasteiger partial charge is 0.361 e. The smallest absolute Gasteiger partial charge is 0.241 e. The Morgan fingerprint density at radius 2 is 1.96 bits per heavy atom. The highest BCUT2D eigenvalue weighted by atomic mass is 16.5. The summed E-state index contributed by atoms with van der Waals surface area (Å²) in [4.78, 5) is 42.6. The van der Waals surface area contributed by atoms with Crippen LogP contribution in [-0.4, -0.2) is 77.3 Å². The summed E-state index contributed by atoms with van der Waals surface area (Å²) in [5.41, 5.74) is 1.54. The van der Waals surface area contributed by atoms with Gasteiger partial charge in [0.25, 0.3) is 0 Å². The summed E-state index contributed by atoms with van der Waals surface area (Å²) >= 11 is 0. The molecule has 0 unspecified atom stereocenters. The van der Waals surface area contributed by atoms with E-state index in [1.165, 1.54) is 4.90 Å². The Hall–Kier alpha value is -2.38. The lowest BCUT2D eigenvalue weighted by Crippen LogP contribution is -2.51. The Kier molecular flexibility index (Phi) is 5.02. The number of amides is 3. The third-order valence-electron chi connectivity index (χ3n) is 5.46. The average Bonchev–Trinajstić information content (AvgIpc) is 2.79. The molecule has 3 saturated heterocycles. The second-order valence-corrected chi connectivity index (χ2v) is 7.46. The van der Waals surface area contributed by atoms with Crippen molar-refractivity contribution in [2.75, 3.05) is 33.7 Å². The molecule has 8 nitrogen and oxygen atoms in total. The molecule has 0 spiro atoms. The number of piperidine rings is 1. The average molecular weight is 362 g/mol. The number of carbonyl (C=O) groups excluding carboxylic acids is 3. The highest BCUT2D eigenvalue weighted by Crippen LogP contribution is 2.29. The number of carbonyl (C=O) groups is 3. The van der Waals surface area contributed by atoms with Crippen LogP contribution in [0.1, 0.15) is 29.9 Å². The number of aryl methyl sites for hydroxylation is 2. The number of aromatic nitrogens is 1. The first kappa shape index (κ1) is 18.4. The van der Waals surface area contributed by atoms with Crippen LogP contribution in [0.15, 0.2) is 4.52 Å². The van der Waals surface area contributed by atoms with E-state index >= 15 is 0 Å². The molecule has 142 valence electrons. The van der Waals surface area contributed by atoms with E-state index < -0.39 is 0 Å². The lowest BCUT2D eigenvalue weighted by molar-refractivity contribution is -0.145. The molecule has 0 N–H and O–H groups in total. The molecule has 3 fully saturated rings. The van der Waals surface area contributed by atoms with Crippen molar-refractivity contribution < 1.29 is 18.9 Å². The van der Waals surface area contributed by atoms with Gasteiger partial charge in [0.05, 0.1) is 18.0 Å². The maximum absolute atomic E-state index is 12.8. The minimum absolute atomic E-state index is 0.0101. The Morgan fingerprint density at radius 1 is 1.23 bits per heavy atom. The molecule has 3 amide bonds. The second-order valence-electron chi connectivity index (χ2n) is 7.46. The van der Waals surface area contributed by atoms with E-state index in [0.29, 0.717) is 18.8 Å². The van der Waals surface area contributed by atoms with Gasteiger partial charge in [0.2, 0.25) is 17.7 Å². The summed E-state index contributed by atoms with van der Waals surface area (Å²) in [5, 5.41) is 3.90. The van der Waals surface area contributed by atoms with Crippen molar-refractivity contribution in [1.82, 2.24) is 19.9 Å². The van der Waals surface area contributed by atoms with Gasteiger partial charge in [-0.3, -0.25) is 14.4 Å². The normalized spacial score (nSPS) is 22.5. The van der Waals surface area contributed by atoms with Gasteiger partial charge < -0.3 is 19.2 Å². The van der Waals surface area contributed by atoms with Crippen LogP contribution in [0.5, 0.6) is 0 Å². The van der Waals surface area contributed by atoms with Crippen molar-refractivity contribution in [2.45, 2.75) is 39.2 Å². The second kappa shape index (κ2) is 7.09. The first-order valence-corrected chi connectivity index (χ1v) is 8.98. The molecule has 4 rings (SSSR count). The number of hydrogen-bond acceptors (Lipinski definition) is 5. The van der Waals surface area contributed by atoms with Crippen LogP contribution in [0, 0.1) is 19.8 Å². The first-order valence-electron chi connectivity index (χ1n) is 8.98. The summed E-state index contributed by atoms with van der Waals surface area (Å²) in [6.07, 6.45) is 1.82. The molecule has 3 aliphatic heterocycles. The number of rotatable bonds is 4. The van der Waals surface area contributed by atoms with Gasteiger partial charge in [-0.1, -0.05) is 5.16 Å². The third kappa shape index (κ3) is 3.45. The SMILES string of the molecule is Cc1noc(C)c1CC(=O)N1C[C@H]2CC[C@@H](C1)N(CC(=O)N(C)C)C2=O. The fourth-order valence-corrected chi connectivity index (χ4v) is 3.76. The maximum atomic E-state index is 12.8. The molecule has 2 atom stereocenters. The molecule has 0 aromatic carbocycles. The molecular formula is C18H26N4O4. The van der Waals surface area contributed by atoms with Crippen molar-refractivity contribution in [3.8, 4) is 0 Å². The van der Waals surface area contributed by atoms with Gasteiger partial charge in [-0.15, -0.1) is 0 Å². The summed E-state index contributed by atoms with van der Waals surface area (Å²) in [7, 11) is 3.37. The topological polar surface area (TPSA) is 87.0 Å². The minimum Gasteiger partial charge on any atom is -0.361 e. The van der Waals surface area contributed by atoms with Crippen molar-refractivity contribution in [3.05, 3.63) is 17.0 Å². The summed E-state index contributed by atoms with van der Waals surface area (Å²) in [6.45, 7) is 4.60. The quantitative estimate of drug-likeness (QED) is 0.772. The molecule has 8 heteroatoms. The Bertz CT molecular complexity index is 707. The van der Waals surface area contributed by atoms with Crippen molar-refractivity contribution in [3.63, 3.8) is 0 Å². The van der Waals surface area contributed by atoms with Gasteiger partial charge in [-0.25, -0.2) is 0 Å². The van der Waals surface area contributed by atoms with Crippen LogP contribution < -0.4 is 0 Å². The molecule has 1 aromatic rings. The monoisotopic (exact) mass is 362 g/mol. The first-order chi connectivity index (χ1) is 12.3. The lowest BCUT2D eigenvalue weighted by atomic mass is 9.94. The molecule has 26 heavy (non-hydrogen) atoms. The van der Waals surface area contributed by atoms with Crippen molar-refractivity contribution in [2.24, 2.45) is 5.92 Å². The van der Waals surface area contributed by atoms with Gasteiger partial charge in [0.1, 0.15) is 12.3 Å². The molecule has 3 aliphatic rings. The van der Waals surface area contributed by atoms with Gasteiger partial charge in [-0.2, -0.15) is 0 Å². The summed E-state index contributed by atoms with van der Waals surface area (Å²) in [5.74, 6) is 0.300. The van der Waals surface area contributed by atoms with E-state index in [-0.39, 0.29) is 42.6 Å². The predicted octanol–water partition coefficient (Wildman–Crippen LogP) is 0.372. The van der Waals surface area contributed by atoms with E-state index in [2.05, 4.69) is 5.16 Å². The number of likely N-dealkylation sites (N-methyl/N-ethyl adjacent to an activating group) is 1. The van der Waals surface area contributed by atoms with Crippen LogP contribution in [0.4, 0.5) is 0 Å². The standard InChI is InChI=1S/C18H26N4O4/c1-11-15(12(2)26-19-11)7-16(23)21-8-13-5-6-14(9-21)22(18(13)25)10-17(24)20(3)4/h13-14H,5-10H2,1-4H3/t13-,14+/m1/s1. The molecule has 2 bridgehead atoms. The summed E-state index contributed by atoms with van der Waals surface area (Å²) < 4.78 is 5.14. The number of hydrogen-bond donors (Lipinski definition) is 0. The maximum Gasteiger partial charge on any atom is 0.241 e. The van der Waals surface area contributed by atoms with E-state index in [9.17, 15) is 14.4 Å². The van der Waals surface area contributed by atoms with Crippen molar-refractivity contribution in [1.29, 1.82) is 0 Å². The van der Waals surface area contributed by atoms with E-state index in [1.807, 2.05) is 6.92 Å². The zero-order valence-corrected chi connectivity index (χ0v) is 15.8. The van der Waals surface area contributed by atoms with Crippen LogP contribution in [0.2, 0.25) is 0 Å². The van der Waals surface area contributed by atoms with Crippen LogP contribution in [0.25, 0.3) is 0 Å². The molecule has 0 radical (unpaired) electrons. The molecular weight excluding hydrogens is 336 g/mol. The predicted molar refractivity (Wildman–Crippen MR) is 93.2 cm³/mol. The Balaban J connectivity index is 1.73. The van der Waals surface area contributed by atoms with Gasteiger partial charge in [-0.05, 0) is 26.7 Å². The van der Waals surface area contributed by atoms with Gasteiger partial charge in [0, 0.05) is 38.8 Å². The van der Waals surface area contributed by atoms with Crippen LogP contribution >= 0.6 is 0 Å². The van der Waals surface area contributed by atoms with E-state index in [0.717, 1.165) is 24.1 Å². The molecule has 0 saturated carbocycles. The van der Waals surface area contributed by atoms with Gasteiger partial charge in [0.15, 0.2) is 0 Å². The fraction of sp³-hybridized carbons (Fsp3) is 0.667. The molecule has 0 aliphatic carbocycles. The molecule has 1 aromatic heterocycles. The lowest BCUT2D eigenvalue weighted by Gasteiger charge is -2.35. The Labute approximate surface area is 153 Å². The van der Waals surface area contributed by atoms with E-state index in [4.69, 9.17) is 4.52 Å².